The van der Waals surface area contributed by atoms with Crippen molar-refractivity contribution in [3.8, 4) is 0 Å². The number of hydrogen-bond donors (Lipinski definition) is 2. The van der Waals surface area contributed by atoms with Crippen molar-refractivity contribution in [1.82, 2.24) is 15.2 Å². The van der Waals surface area contributed by atoms with E-state index in [-0.39, 0.29) is 33.7 Å². The fraction of sp³-hybridized carbons (Fsp3) is 0.300. The molecule has 0 unspecified atom stereocenters. The Labute approximate surface area is 164 Å². The summed E-state index contributed by atoms with van der Waals surface area (Å²) in [6.07, 6.45) is 0. The standard InChI is InChI=1S/C20H23FN4O2S/c1-12(2)16-10-14(21)11-17(13(3)4)18(16)22-19-23-20(25-24-19)28(26,27)15-8-6-5-7-9-15/h5-13H,1-4H3,(H2,22,23,24,25). The Morgan fingerprint density at radius 3 is 2.11 bits per heavy atom. The van der Waals surface area contributed by atoms with Crippen LogP contribution in [0.1, 0.15) is 50.7 Å². The van der Waals surface area contributed by atoms with Gasteiger partial charge in [-0.25, -0.2) is 17.9 Å². The van der Waals surface area contributed by atoms with Crippen LogP contribution in [0.15, 0.2) is 52.5 Å². The van der Waals surface area contributed by atoms with E-state index in [1.165, 1.54) is 24.3 Å². The van der Waals surface area contributed by atoms with E-state index < -0.39 is 9.84 Å². The van der Waals surface area contributed by atoms with E-state index in [9.17, 15) is 12.8 Å². The van der Waals surface area contributed by atoms with Crippen LogP contribution in [0.25, 0.3) is 0 Å². The lowest BCUT2D eigenvalue weighted by atomic mass is 9.92. The molecular weight excluding hydrogens is 379 g/mol. The third kappa shape index (κ3) is 3.91. The number of nitrogens with one attached hydrogen (secondary N) is 2. The van der Waals surface area contributed by atoms with Crippen molar-refractivity contribution >= 4 is 21.5 Å². The Balaban J connectivity index is 2.01. The van der Waals surface area contributed by atoms with Crippen molar-refractivity contribution in [2.24, 2.45) is 0 Å². The highest BCUT2D eigenvalue weighted by Crippen LogP contribution is 2.35. The minimum absolute atomic E-state index is 0.0612. The van der Waals surface area contributed by atoms with Gasteiger partial charge < -0.3 is 5.32 Å². The molecule has 0 saturated carbocycles. The summed E-state index contributed by atoms with van der Waals surface area (Å²) < 4.78 is 39.4. The summed E-state index contributed by atoms with van der Waals surface area (Å²) in [6.45, 7) is 7.87. The molecule has 0 atom stereocenters. The predicted octanol–water partition coefficient (Wildman–Crippen LogP) is 4.77. The Hall–Kier alpha value is -2.74. The number of benzene rings is 2. The van der Waals surface area contributed by atoms with Crippen molar-refractivity contribution in [2.45, 2.75) is 49.6 Å². The van der Waals surface area contributed by atoms with Gasteiger partial charge in [-0.05, 0) is 47.2 Å². The van der Waals surface area contributed by atoms with Crippen LogP contribution in [0.4, 0.5) is 16.0 Å². The summed E-state index contributed by atoms with van der Waals surface area (Å²) in [5.74, 6) is 0.00469. The quantitative estimate of drug-likeness (QED) is 0.620. The van der Waals surface area contributed by atoms with Gasteiger partial charge in [0.05, 0.1) is 4.90 Å². The van der Waals surface area contributed by atoms with Gasteiger partial charge in [-0.1, -0.05) is 45.9 Å². The summed E-state index contributed by atoms with van der Waals surface area (Å²) in [6, 6.07) is 11.0. The van der Waals surface area contributed by atoms with Crippen molar-refractivity contribution in [2.75, 3.05) is 5.32 Å². The molecule has 3 rings (SSSR count). The van der Waals surface area contributed by atoms with Gasteiger partial charge in [0.25, 0.3) is 5.16 Å². The summed E-state index contributed by atoms with van der Waals surface area (Å²) in [4.78, 5) is 4.24. The van der Waals surface area contributed by atoms with Crippen molar-refractivity contribution in [3.05, 3.63) is 59.4 Å². The van der Waals surface area contributed by atoms with E-state index in [2.05, 4.69) is 20.5 Å². The monoisotopic (exact) mass is 402 g/mol. The number of anilines is 2. The SMILES string of the molecule is CC(C)c1cc(F)cc(C(C)C)c1Nc1nc(S(=O)(=O)c2ccccc2)n[nH]1. The third-order valence-electron chi connectivity index (χ3n) is 4.41. The largest absolute Gasteiger partial charge is 0.324 e. The van der Waals surface area contributed by atoms with Gasteiger partial charge >= 0.3 is 0 Å². The van der Waals surface area contributed by atoms with Crippen LogP contribution in [0.3, 0.4) is 0 Å². The van der Waals surface area contributed by atoms with Gasteiger partial charge in [-0.2, -0.15) is 4.98 Å². The maximum atomic E-state index is 14.1. The van der Waals surface area contributed by atoms with Gasteiger partial charge in [0.15, 0.2) is 0 Å². The van der Waals surface area contributed by atoms with Gasteiger partial charge in [-0.15, -0.1) is 5.10 Å². The van der Waals surface area contributed by atoms with Crippen molar-refractivity contribution in [3.63, 3.8) is 0 Å². The Kier molecular flexibility index (Phi) is 5.51. The number of aromatic nitrogens is 3. The predicted molar refractivity (Wildman–Crippen MR) is 106 cm³/mol. The van der Waals surface area contributed by atoms with Crippen LogP contribution in [0, 0.1) is 5.82 Å². The molecular formula is C20H23FN4O2S. The van der Waals surface area contributed by atoms with Gasteiger partial charge in [0, 0.05) is 5.69 Å². The summed E-state index contributed by atoms with van der Waals surface area (Å²) in [5, 5.41) is 9.29. The Morgan fingerprint density at radius 2 is 1.57 bits per heavy atom. The van der Waals surface area contributed by atoms with E-state index in [1.54, 1.807) is 18.2 Å². The number of H-pyrrole nitrogens is 1. The number of aromatic amines is 1. The first-order valence-electron chi connectivity index (χ1n) is 9.03. The van der Waals surface area contributed by atoms with E-state index in [0.29, 0.717) is 5.69 Å². The summed E-state index contributed by atoms with van der Waals surface area (Å²) in [5.41, 5.74) is 2.28. The average Bonchev–Trinajstić information content (AvgIpc) is 3.12. The molecule has 28 heavy (non-hydrogen) atoms. The number of halogens is 1. The van der Waals surface area contributed by atoms with Crippen LogP contribution in [-0.2, 0) is 9.84 Å². The summed E-state index contributed by atoms with van der Waals surface area (Å²) in [7, 11) is -3.82. The molecule has 0 radical (unpaired) electrons. The Bertz CT molecular complexity index is 1050. The van der Waals surface area contributed by atoms with Crippen LogP contribution in [0.2, 0.25) is 0 Å². The second kappa shape index (κ2) is 7.71. The zero-order valence-corrected chi connectivity index (χ0v) is 17.0. The highest BCUT2D eigenvalue weighted by atomic mass is 32.2. The molecule has 8 heteroatoms. The molecule has 0 aliphatic rings. The van der Waals surface area contributed by atoms with Crippen molar-refractivity contribution in [1.29, 1.82) is 0 Å². The van der Waals surface area contributed by atoms with Crippen LogP contribution in [0.5, 0.6) is 0 Å². The molecule has 0 fully saturated rings. The lowest BCUT2D eigenvalue weighted by molar-refractivity contribution is 0.587. The molecule has 0 saturated heterocycles. The maximum Gasteiger partial charge on any atom is 0.273 e. The molecule has 6 nitrogen and oxygen atoms in total. The molecule has 0 bridgehead atoms. The second-order valence-electron chi connectivity index (χ2n) is 7.18. The molecule has 1 heterocycles. The molecule has 0 aliphatic heterocycles. The van der Waals surface area contributed by atoms with Crippen molar-refractivity contribution < 1.29 is 12.8 Å². The fourth-order valence-electron chi connectivity index (χ4n) is 2.95. The average molecular weight is 402 g/mol. The normalized spacial score (nSPS) is 12.0. The molecule has 3 aromatic rings. The first kappa shape index (κ1) is 20.0. The van der Waals surface area contributed by atoms with E-state index in [4.69, 9.17) is 0 Å². The van der Waals surface area contributed by atoms with Gasteiger partial charge in [0.1, 0.15) is 5.82 Å². The topological polar surface area (TPSA) is 87.7 Å². The van der Waals surface area contributed by atoms with E-state index in [0.717, 1.165) is 11.1 Å². The second-order valence-corrected chi connectivity index (χ2v) is 9.02. The number of nitrogens with zero attached hydrogens (tertiary/aromatic N) is 2. The minimum atomic E-state index is -3.82. The summed E-state index contributed by atoms with van der Waals surface area (Å²) >= 11 is 0. The van der Waals surface area contributed by atoms with Gasteiger partial charge in [-0.3, -0.25) is 0 Å². The first-order chi connectivity index (χ1) is 13.2. The molecule has 0 spiro atoms. The number of rotatable bonds is 6. The molecule has 2 N–H and O–H groups in total. The maximum absolute atomic E-state index is 14.1. The smallest absolute Gasteiger partial charge is 0.273 e. The van der Waals surface area contributed by atoms with E-state index in [1.807, 2.05) is 27.7 Å². The third-order valence-corrected chi connectivity index (χ3v) is 5.97. The zero-order valence-electron chi connectivity index (χ0n) is 16.2. The van der Waals surface area contributed by atoms with E-state index >= 15 is 0 Å². The molecule has 0 amide bonds. The van der Waals surface area contributed by atoms with Crippen LogP contribution >= 0.6 is 0 Å². The molecule has 2 aromatic carbocycles. The highest BCUT2D eigenvalue weighted by Gasteiger charge is 2.24. The van der Waals surface area contributed by atoms with Gasteiger partial charge in [0.2, 0.25) is 15.8 Å². The first-order valence-corrected chi connectivity index (χ1v) is 10.5. The minimum Gasteiger partial charge on any atom is -0.324 e. The number of sulfone groups is 1. The van der Waals surface area contributed by atoms with Crippen LogP contribution in [-0.4, -0.2) is 23.6 Å². The lowest BCUT2D eigenvalue weighted by Gasteiger charge is -2.20. The molecule has 0 aliphatic carbocycles. The number of hydrogen-bond acceptors (Lipinski definition) is 5. The lowest BCUT2D eigenvalue weighted by Crippen LogP contribution is -2.06. The van der Waals surface area contributed by atoms with Crippen LogP contribution < -0.4 is 5.32 Å². The fourth-order valence-corrected chi connectivity index (χ4v) is 4.05. The zero-order chi connectivity index (χ0) is 20.5. The molecule has 1 aromatic heterocycles. The Morgan fingerprint density at radius 1 is 1.00 bits per heavy atom. The molecule has 148 valence electrons. The highest BCUT2D eigenvalue weighted by molar-refractivity contribution is 7.91.